The van der Waals surface area contributed by atoms with Crippen LogP contribution in [-0.2, 0) is 6.42 Å². The predicted octanol–water partition coefficient (Wildman–Crippen LogP) is 3.10. The third-order valence-electron chi connectivity index (χ3n) is 4.47. The molecule has 5 heteroatoms. The molecule has 0 amide bonds. The molecule has 25 heavy (non-hydrogen) atoms. The van der Waals surface area contributed by atoms with Gasteiger partial charge in [-0.1, -0.05) is 42.0 Å². The molecule has 0 spiro atoms. The van der Waals surface area contributed by atoms with Crippen molar-refractivity contribution in [1.29, 1.82) is 0 Å². The number of benzene rings is 1. The zero-order valence-electron chi connectivity index (χ0n) is 14.3. The molecule has 0 atom stereocenters. The molecule has 0 saturated carbocycles. The monoisotopic (exact) mass is 331 g/mol. The van der Waals surface area contributed by atoms with Gasteiger partial charge in [0.1, 0.15) is 5.82 Å². The maximum atomic E-state index is 4.86. The van der Waals surface area contributed by atoms with Gasteiger partial charge in [0.05, 0.1) is 5.69 Å². The maximum absolute atomic E-state index is 4.86. The van der Waals surface area contributed by atoms with E-state index in [-0.39, 0.29) is 0 Å². The quantitative estimate of drug-likeness (QED) is 0.747. The fourth-order valence-corrected chi connectivity index (χ4v) is 3.10. The van der Waals surface area contributed by atoms with E-state index in [9.17, 15) is 0 Å². The van der Waals surface area contributed by atoms with Crippen LogP contribution in [0.4, 0.5) is 0 Å². The van der Waals surface area contributed by atoms with Crippen molar-refractivity contribution in [1.82, 2.24) is 25.1 Å². The lowest BCUT2D eigenvalue weighted by Gasteiger charge is -2.14. The summed E-state index contributed by atoms with van der Waals surface area (Å²) in [6.07, 6.45) is 7.82. The summed E-state index contributed by atoms with van der Waals surface area (Å²) in [5, 5.41) is 8.17. The Morgan fingerprint density at radius 1 is 1.16 bits per heavy atom. The van der Waals surface area contributed by atoms with Crippen LogP contribution in [0.15, 0.2) is 60.4 Å². The number of rotatable bonds is 4. The number of hydrogen-bond acceptors (Lipinski definition) is 4. The minimum Gasteiger partial charge on any atom is -0.313 e. The first kappa shape index (κ1) is 15.7. The van der Waals surface area contributed by atoms with Gasteiger partial charge in [-0.25, -0.2) is 9.67 Å². The predicted molar refractivity (Wildman–Crippen MR) is 98.6 cm³/mol. The van der Waals surface area contributed by atoms with Crippen molar-refractivity contribution in [2.75, 3.05) is 13.1 Å². The molecule has 5 nitrogen and oxygen atoms in total. The van der Waals surface area contributed by atoms with Crippen molar-refractivity contribution < 1.29 is 0 Å². The molecule has 0 aliphatic carbocycles. The highest BCUT2D eigenvalue weighted by atomic mass is 15.4. The lowest BCUT2D eigenvalue weighted by atomic mass is 10.1. The number of aryl methyl sites for hydroxylation is 1. The summed E-state index contributed by atoms with van der Waals surface area (Å²) in [6, 6.07) is 12.1. The third kappa shape index (κ3) is 3.37. The molecule has 1 aromatic carbocycles. The fourth-order valence-electron chi connectivity index (χ4n) is 3.10. The Hall–Kier alpha value is -2.79. The van der Waals surface area contributed by atoms with Gasteiger partial charge in [0, 0.05) is 30.9 Å². The highest BCUT2D eigenvalue weighted by Crippen LogP contribution is 2.22. The van der Waals surface area contributed by atoms with Crippen molar-refractivity contribution in [3.05, 3.63) is 71.8 Å². The first-order chi connectivity index (χ1) is 12.3. The molecule has 1 N–H and O–H groups in total. The van der Waals surface area contributed by atoms with E-state index in [1.54, 1.807) is 6.20 Å². The Morgan fingerprint density at radius 2 is 2.04 bits per heavy atom. The molecular formula is C20H21N5. The second-order valence-electron chi connectivity index (χ2n) is 6.28. The van der Waals surface area contributed by atoms with Crippen LogP contribution in [0.5, 0.6) is 0 Å². The molecular weight excluding hydrogens is 310 g/mol. The highest BCUT2D eigenvalue weighted by Gasteiger charge is 2.16. The van der Waals surface area contributed by atoms with Gasteiger partial charge in [0.15, 0.2) is 5.82 Å². The van der Waals surface area contributed by atoms with Gasteiger partial charge in [-0.05, 0) is 31.5 Å². The summed E-state index contributed by atoms with van der Waals surface area (Å²) < 4.78 is 1.97. The molecule has 3 heterocycles. The van der Waals surface area contributed by atoms with Crippen LogP contribution in [-0.4, -0.2) is 32.8 Å². The van der Waals surface area contributed by atoms with Crippen LogP contribution in [0.1, 0.15) is 17.8 Å². The molecule has 0 fully saturated rings. The normalized spacial score (nSPS) is 14.4. The van der Waals surface area contributed by atoms with Crippen LogP contribution < -0.4 is 5.32 Å². The molecule has 0 radical (unpaired) electrons. The van der Waals surface area contributed by atoms with Crippen LogP contribution in [0, 0.1) is 6.92 Å². The zero-order valence-corrected chi connectivity index (χ0v) is 14.3. The lowest BCUT2D eigenvalue weighted by molar-refractivity contribution is 0.679. The molecule has 0 bridgehead atoms. The summed E-state index contributed by atoms with van der Waals surface area (Å²) in [6.45, 7) is 4.02. The van der Waals surface area contributed by atoms with Crippen molar-refractivity contribution in [3.63, 3.8) is 0 Å². The van der Waals surface area contributed by atoms with E-state index in [2.05, 4.69) is 23.3 Å². The van der Waals surface area contributed by atoms with Crippen LogP contribution >= 0.6 is 0 Å². The standard InChI is InChI=1S/C20H21N5/c1-15-14-22-12-9-18(15)25-19(13-16-7-10-21-11-8-16)23-20(24-25)17-5-3-2-4-6-17/h2-7,9,12,14,21H,8,10-11,13H2,1H3. The molecule has 0 saturated heterocycles. The first-order valence-corrected chi connectivity index (χ1v) is 8.62. The Morgan fingerprint density at radius 3 is 2.80 bits per heavy atom. The minimum atomic E-state index is 0.765. The van der Waals surface area contributed by atoms with E-state index in [1.807, 2.05) is 47.3 Å². The summed E-state index contributed by atoms with van der Waals surface area (Å²) in [5.74, 6) is 1.74. The van der Waals surface area contributed by atoms with Gasteiger partial charge in [-0.2, -0.15) is 0 Å². The second kappa shape index (κ2) is 6.99. The summed E-state index contributed by atoms with van der Waals surface area (Å²) in [7, 11) is 0. The van der Waals surface area contributed by atoms with E-state index in [4.69, 9.17) is 10.1 Å². The van der Waals surface area contributed by atoms with Gasteiger partial charge >= 0.3 is 0 Å². The number of pyridine rings is 1. The van der Waals surface area contributed by atoms with Crippen LogP contribution in [0.25, 0.3) is 17.1 Å². The summed E-state index contributed by atoms with van der Waals surface area (Å²) in [4.78, 5) is 9.06. The topological polar surface area (TPSA) is 55.6 Å². The van der Waals surface area contributed by atoms with E-state index >= 15 is 0 Å². The molecule has 3 aromatic rings. The van der Waals surface area contributed by atoms with Gasteiger partial charge in [0.25, 0.3) is 0 Å². The van der Waals surface area contributed by atoms with Crippen molar-refractivity contribution in [2.45, 2.75) is 19.8 Å². The Labute approximate surface area is 147 Å². The summed E-state index contributed by atoms with van der Waals surface area (Å²) in [5.41, 5.74) is 4.58. The van der Waals surface area contributed by atoms with Crippen molar-refractivity contribution in [3.8, 4) is 17.1 Å². The fraction of sp³-hybridized carbons (Fsp3) is 0.250. The molecule has 0 unspecified atom stereocenters. The van der Waals surface area contributed by atoms with Crippen LogP contribution in [0.2, 0.25) is 0 Å². The van der Waals surface area contributed by atoms with Crippen LogP contribution in [0.3, 0.4) is 0 Å². The van der Waals surface area contributed by atoms with Crippen molar-refractivity contribution in [2.24, 2.45) is 0 Å². The Kier molecular flexibility index (Phi) is 4.39. The molecule has 126 valence electrons. The van der Waals surface area contributed by atoms with Gasteiger partial charge in [-0.15, -0.1) is 5.10 Å². The van der Waals surface area contributed by atoms with E-state index in [1.165, 1.54) is 5.57 Å². The zero-order chi connectivity index (χ0) is 17.1. The second-order valence-corrected chi connectivity index (χ2v) is 6.28. The van der Waals surface area contributed by atoms with Gasteiger partial charge < -0.3 is 5.32 Å². The molecule has 2 aromatic heterocycles. The largest absolute Gasteiger partial charge is 0.313 e. The number of nitrogens with zero attached hydrogens (tertiary/aromatic N) is 4. The average molecular weight is 331 g/mol. The van der Waals surface area contributed by atoms with E-state index < -0.39 is 0 Å². The van der Waals surface area contributed by atoms with E-state index in [0.717, 1.165) is 54.4 Å². The molecule has 1 aliphatic heterocycles. The Balaban J connectivity index is 1.79. The minimum absolute atomic E-state index is 0.765. The molecule has 4 rings (SSSR count). The average Bonchev–Trinajstić information content (AvgIpc) is 3.07. The first-order valence-electron chi connectivity index (χ1n) is 8.62. The smallest absolute Gasteiger partial charge is 0.181 e. The SMILES string of the molecule is Cc1cnccc1-n1nc(-c2ccccc2)nc1CC1=CCNCC1. The summed E-state index contributed by atoms with van der Waals surface area (Å²) >= 11 is 0. The van der Waals surface area contributed by atoms with Crippen molar-refractivity contribution >= 4 is 0 Å². The molecule has 1 aliphatic rings. The number of nitrogens with one attached hydrogen (secondary N) is 1. The van der Waals surface area contributed by atoms with Gasteiger partial charge in [-0.3, -0.25) is 4.98 Å². The Bertz CT molecular complexity index is 895. The maximum Gasteiger partial charge on any atom is 0.181 e. The lowest BCUT2D eigenvalue weighted by Crippen LogP contribution is -2.21. The highest BCUT2D eigenvalue weighted by molar-refractivity contribution is 5.55. The van der Waals surface area contributed by atoms with Gasteiger partial charge in [0.2, 0.25) is 0 Å². The van der Waals surface area contributed by atoms with E-state index in [0.29, 0.717) is 0 Å². The number of aromatic nitrogens is 4. The number of hydrogen-bond donors (Lipinski definition) is 1. The third-order valence-corrected chi connectivity index (χ3v) is 4.47.